The SMILES string of the molecule is C/C=C\C=C\C(=O)O[C@@H]1[C@H]2C=CC=C[C@@H]2[C@H]1CC. The summed E-state index contributed by atoms with van der Waals surface area (Å²) in [5.41, 5.74) is 0. The zero-order valence-corrected chi connectivity index (χ0v) is 11.0. The molecule has 0 heterocycles. The minimum Gasteiger partial charge on any atom is -0.458 e. The summed E-state index contributed by atoms with van der Waals surface area (Å²) in [6, 6.07) is 0. The molecule has 0 amide bonds. The van der Waals surface area contributed by atoms with E-state index in [-0.39, 0.29) is 12.1 Å². The number of fused-ring (bicyclic) bond motifs is 1. The lowest BCUT2D eigenvalue weighted by Gasteiger charge is -2.49. The van der Waals surface area contributed by atoms with Crippen LogP contribution in [0.1, 0.15) is 20.3 Å². The highest BCUT2D eigenvalue weighted by molar-refractivity contribution is 5.82. The molecule has 1 saturated carbocycles. The topological polar surface area (TPSA) is 26.3 Å². The number of hydrogen-bond acceptors (Lipinski definition) is 2. The average Bonchev–Trinajstić information content (AvgIpc) is 2.37. The molecule has 18 heavy (non-hydrogen) atoms. The predicted molar refractivity (Wildman–Crippen MR) is 72.9 cm³/mol. The first-order valence-electron chi connectivity index (χ1n) is 6.63. The van der Waals surface area contributed by atoms with Gasteiger partial charge in [-0.3, -0.25) is 0 Å². The minimum absolute atomic E-state index is 0.0453. The van der Waals surface area contributed by atoms with Gasteiger partial charge in [0.1, 0.15) is 6.10 Å². The van der Waals surface area contributed by atoms with E-state index in [2.05, 4.69) is 25.2 Å². The van der Waals surface area contributed by atoms with Crippen molar-refractivity contribution in [3.8, 4) is 0 Å². The van der Waals surface area contributed by atoms with Crippen LogP contribution in [0.25, 0.3) is 0 Å². The van der Waals surface area contributed by atoms with Crippen LogP contribution in [0.2, 0.25) is 0 Å². The Morgan fingerprint density at radius 3 is 2.61 bits per heavy atom. The highest BCUT2D eigenvalue weighted by Gasteiger charge is 2.49. The molecule has 0 N–H and O–H groups in total. The molecule has 2 nitrogen and oxygen atoms in total. The summed E-state index contributed by atoms with van der Waals surface area (Å²) in [4.78, 5) is 11.7. The molecule has 0 bridgehead atoms. The largest absolute Gasteiger partial charge is 0.458 e. The second kappa shape index (κ2) is 5.85. The van der Waals surface area contributed by atoms with Gasteiger partial charge < -0.3 is 4.74 Å². The molecule has 0 aromatic heterocycles. The first-order valence-corrected chi connectivity index (χ1v) is 6.63. The fourth-order valence-corrected chi connectivity index (χ4v) is 2.85. The summed E-state index contributed by atoms with van der Waals surface area (Å²) in [6.07, 6.45) is 16.5. The van der Waals surface area contributed by atoms with Gasteiger partial charge in [-0.15, -0.1) is 0 Å². The normalized spacial score (nSPS) is 33.7. The monoisotopic (exact) mass is 244 g/mol. The van der Waals surface area contributed by atoms with Crippen molar-refractivity contribution in [2.45, 2.75) is 26.4 Å². The van der Waals surface area contributed by atoms with Crippen molar-refractivity contribution in [3.63, 3.8) is 0 Å². The maximum absolute atomic E-state index is 11.7. The number of ether oxygens (including phenoxy) is 1. The van der Waals surface area contributed by atoms with Gasteiger partial charge in [0.05, 0.1) is 0 Å². The van der Waals surface area contributed by atoms with Gasteiger partial charge in [-0.1, -0.05) is 49.5 Å². The lowest BCUT2D eigenvalue weighted by atomic mass is 9.60. The molecule has 0 spiro atoms. The molecule has 0 radical (unpaired) electrons. The highest BCUT2D eigenvalue weighted by atomic mass is 16.5. The van der Waals surface area contributed by atoms with Gasteiger partial charge in [-0.05, 0) is 19.3 Å². The van der Waals surface area contributed by atoms with Crippen LogP contribution in [0.4, 0.5) is 0 Å². The van der Waals surface area contributed by atoms with Crippen molar-refractivity contribution >= 4 is 5.97 Å². The molecule has 0 unspecified atom stereocenters. The fourth-order valence-electron chi connectivity index (χ4n) is 2.85. The van der Waals surface area contributed by atoms with Crippen molar-refractivity contribution in [1.82, 2.24) is 0 Å². The number of hydrogen-bond donors (Lipinski definition) is 0. The van der Waals surface area contributed by atoms with Gasteiger partial charge in [0, 0.05) is 17.9 Å². The molecular formula is C16H20O2. The maximum Gasteiger partial charge on any atom is 0.331 e. The van der Waals surface area contributed by atoms with Gasteiger partial charge in [0.2, 0.25) is 0 Å². The molecular weight excluding hydrogens is 224 g/mol. The number of allylic oxidation sites excluding steroid dienone is 6. The molecule has 0 aromatic carbocycles. The Morgan fingerprint density at radius 2 is 1.94 bits per heavy atom. The van der Waals surface area contributed by atoms with Crippen molar-refractivity contribution in [1.29, 1.82) is 0 Å². The first kappa shape index (κ1) is 12.9. The van der Waals surface area contributed by atoms with Crippen LogP contribution in [-0.4, -0.2) is 12.1 Å². The quantitative estimate of drug-likeness (QED) is 0.430. The predicted octanol–water partition coefficient (Wildman–Crippen LogP) is 3.43. The van der Waals surface area contributed by atoms with Crippen molar-refractivity contribution < 1.29 is 9.53 Å². The smallest absolute Gasteiger partial charge is 0.331 e. The van der Waals surface area contributed by atoms with Gasteiger partial charge in [-0.25, -0.2) is 4.79 Å². The highest BCUT2D eigenvalue weighted by Crippen LogP contribution is 2.47. The van der Waals surface area contributed by atoms with Gasteiger partial charge in [0.15, 0.2) is 0 Å². The Morgan fingerprint density at radius 1 is 1.22 bits per heavy atom. The molecule has 0 saturated heterocycles. The molecule has 0 aliphatic heterocycles. The lowest BCUT2D eigenvalue weighted by molar-refractivity contribution is -0.162. The molecule has 4 atom stereocenters. The van der Waals surface area contributed by atoms with Crippen LogP contribution in [0, 0.1) is 17.8 Å². The Hall–Kier alpha value is -1.57. The van der Waals surface area contributed by atoms with E-state index < -0.39 is 0 Å². The number of carbonyl (C=O) groups is 1. The van der Waals surface area contributed by atoms with Crippen LogP contribution in [-0.2, 0) is 9.53 Å². The third-order valence-electron chi connectivity index (χ3n) is 3.78. The number of rotatable bonds is 4. The third-order valence-corrected chi connectivity index (χ3v) is 3.78. The van der Waals surface area contributed by atoms with E-state index in [1.54, 1.807) is 6.08 Å². The summed E-state index contributed by atoms with van der Waals surface area (Å²) in [5, 5.41) is 0. The summed E-state index contributed by atoms with van der Waals surface area (Å²) in [7, 11) is 0. The van der Waals surface area contributed by atoms with Crippen LogP contribution in [0.15, 0.2) is 48.6 Å². The molecule has 96 valence electrons. The van der Waals surface area contributed by atoms with Crippen molar-refractivity contribution in [2.75, 3.05) is 0 Å². The summed E-state index contributed by atoms with van der Waals surface area (Å²) in [6.45, 7) is 4.07. The van der Waals surface area contributed by atoms with E-state index in [0.29, 0.717) is 17.8 Å². The Bertz CT molecular complexity index is 415. The Kier molecular flexibility index (Phi) is 4.19. The molecule has 2 aliphatic carbocycles. The second-order valence-electron chi connectivity index (χ2n) is 4.78. The summed E-state index contributed by atoms with van der Waals surface area (Å²) < 4.78 is 5.56. The van der Waals surface area contributed by atoms with E-state index in [1.807, 2.05) is 25.2 Å². The van der Waals surface area contributed by atoms with E-state index in [1.165, 1.54) is 6.08 Å². The van der Waals surface area contributed by atoms with Gasteiger partial charge in [0.25, 0.3) is 0 Å². The molecule has 2 aliphatic rings. The number of carbonyl (C=O) groups excluding carboxylic acids is 1. The molecule has 2 heteroatoms. The zero-order valence-electron chi connectivity index (χ0n) is 11.0. The van der Waals surface area contributed by atoms with Crippen LogP contribution in [0.3, 0.4) is 0 Å². The van der Waals surface area contributed by atoms with Crippen molar-refractivity contribution in [3.05, 3.63) is 48.6 Å². The lowest BCUT2D eigenvalue weighted by Crippen LogP contribution is -2.52. The molecule has 1 fully saturated rings. The van der Waals surface area contributed by atoms with Crippen LogP contribution < -0.4 is 0 Å². The van der Waals surface area contributed by atoms with E-state index in [4.69, 9.17) is 4.74 Å². The second-order valence-corrected chi connectivity index (χ2v) is 4.78. The third kappa shape index (κ3) is 2.47. The minimum atomic E-state index is -0.238. The molecule has 2 rings (SSSR count). The van der Waals surface area contributed by atoms with E-state index in [0.717, 1.165) is 6.42 Å². The first-order chi connectivity index (χ1) is 8.77. The Labute approximate surface area is 109 Å². The van der Waals surface area contributed by atoms with Crippen LogP contribution >= 0.6 is 0 Å². The maximum atomic E-state index is 11.7. The van der Waals surface area contributed by atoms with Crippen LogP contribution in [0.5, 0.6) is 0 Å². The Balaban J connectivity index is 1.94. The van der Waals surface area contributed by atoms with E-state index >= 15 is 0 Å². The average molecular weight is 244 g/mol. The summed E-state index contributed by atoms with van der Waals surface area (Å²) in [5.74, 6) is 1.16. The number of esters is 1. The van der Waals surface area contributed by atoms with Gasteiger partial charge in [-0.2, -0.15) is 0 Å². The van der Waals surface area contributed by atoms with Crippen molar-refractivity contribution in [2.24, 2.45) is 17.8 Å². The fraction of sp³-hybridized carbons (Fsp3) is 0.438. The van der Waals surface area contributed by atoms with Gasteiger partial charge >= 0.3 is 5.97 Å². The standard InChI is InChI=1S/C16H20O2/c1-3-5-6-11-15(17)18-16-12(4-2)13-9-7-8-10-14(13)16/h3,5-14,16H,4H2,1-2H3/b5-3-,11-6+/t12-,13-,14+,16+/m1/s1. The zero-order chi connectivity index (χ0) is 13.0. The molecule has 0 aromatic rings. The summed E-state index contributed by atoms with van der Waals surface area (Å²) >= 11 is 0. The van der Waals surface area contributed by atoms with E-state index in [9.17, 15) is 4.79 Å².